The van der Waals surface area contributed by atoms with Crippen LogP contribution in [0.1, 0.15) is 42.4 Å². The molecule has 2 unspecified atom stereocenters. The molecule has 2 aromatic rings. The van der Waals surface area contributed by atoms with Crippen molar-refractivity contribution < 1.29 is 48.0 Å². The van der Waals surface area contributed by atoms with Crippen LogP contribution in [0.2, 0.25) is 0 Å². The smallest absolute Gasteiger partial charge is 1.00 e. The van der Waals surface area contributed by atoms with Crippen molar-refractivity contribution in [3.05, 3.63) is 85.7 Å². The summed E-state index contributed by atoms with van der Waals surface area (Å²) in [6.07, 6.45) is 4.92. The standard InChI is InChI=1S/C16H13.C8H11.2ClH.Zr/c1-12-10-14-8-5-9-15(16(14)11-12)13-6-3-2-4-7-13;1-6-4-7(2)8(3)5-6;;;/h2-11H,1H3;4,6H,1-3H3;2*1H;/q;;;;+2/p-2. The van der Waals surface area contributed by atoms with Crippen LogP contribution in [-0.2, 0) is 23.2 Å². The second-order valence-electron chi connectivity index (χ2n) is 7.32. The molecule has 0 fully saturated rings. The molecule has 2 atom stereocenters. The number of rotatable bonds is 3. The molecule has 0 saturated carbocycles. The minimum absolute atomic E-state index is 0. The number of hydrogen-bond donors (Lipinski definition) is 0. The summed E-state index contributed by atoms with van der Waals surface area (Å²) in [6.45, 7) is 9.33. The first-order valence-electron chi connectivity index (χ1n) is 9.09. The van der Waals surface area contributed by atoms with Crippen molar-refractivity contribution in [3.8, 4) is 11.1 Å². The predicted molar refractivity (Wildman–Crippen MR) is 104 cm³/mol. The Morgan fingerprint density at radius 3 is 2.19 bits per heavy atom. The van der Waals surface area contributed by atoms with E-state index in [1.807, 2.05) is 0 Å². The SMILES string of the molecule is CC1=CC(C)[C]([Zr+2][CH]2C(C)=Cc3c(-c4ccccc4)cccc32)=C1C.[Cl-].[Cl-]. The topological polar surface area (TPSA) is 0 Å². The first kappa shape index (κ1) is 22.4. The Hall–Kier alpha value is -0.877. The van der Waals surface area contributed by atoms with Gasteiger partial charge in [0.15, 0.2) is 0 Å². The molecule has 0 radical (unpaired) electrons. The van der Waals surface area contributed by atoms with E-state index in [-0.39, 0.29) is 24.8 Å². The zero-order valence-corrected chi connectivity index (χ0v) is 20.2. The van der Waals surface area contributed by atoms with E-state index < -0.39 is 23.2 Å². The third-order valence-corrected chi connectivity index (χ3v) is 11.0. The zero-order valence-electron chi connectivity index (χ0n) is 16.2. The van der Waals surface area contributed by atoms with Gasteiger partial charge < -0.3 is 24.8 Å². The molecule has 0 aliphatic heterocycles. The van der Waals surface area contributed by atoms with Gasteiger partial charge in [-0.15, -0.1) is 0 Å². The second-order valence-corrected chi connectivity index (χ2v) is 10.8. The van der Waals surface area contributed by atoms with Gasteiger partial charge in [0.1, 0.15) is 0 Å². The maximum atomic E-state index is 2.46. The molecule has 2 aromatic carbocycles. The fourth-order valence-corrected chi connectivity index (χ4v) is 8.54. The van der Waals surface area contributed by atoms with Crippen LogP contribution in [0.25, 0.3) is 17.2 Å². The molecule has 27 heavy (non-hydrogen) atoms. The minimum Gasteiger partial charge on any atom is -1.00 e. The fraction of sp³-hybridized carbons (Fsp3) is 0.250. The maximum Gasteiger partial charge on any atom is -1.00 e. The van der Waals surface area contributed by atoms with Crippen molar-refractivity contribution in [1.29, 1.82) is 0 Å². The van der Waals surface area contributed by atoms with Crippen LogP contribution < -0.4 is 24.8 Å². The molecule has 3 heteroatoms. The van der Waals surface area contributed by atoms with Crippen molar-refractivity contribution in [2.24, 2.45) is 5.92 Å². The molecule has 0 spiro atoms. The molecule has 2 aliphatic carbocycles. The van der Waals surface area contributed by atoms with Crippen LogP contribution in [-0.4, -0.2) is 0 Å². The average Bonchev–Trinajstić information content (AvgIpc) is 3.06. The third kappa shape index (κ3) is 4.12. The number of allylic oxidation sites excluding steroid dienone is 5. The van der Waals surface area contributed by atoms with Crippen LogP contribution >= 0.6 is 0 Å². The average molecular weight is 475 g/mol. The predicted octanol–water partition coefficient (Wildman–Crippen LogP) is 0.772. The molecule has 0 heterocycles. The summed E-state index contributed by atoms with van der Waals surface area (Å²) in [7, 11) is 0. The normalized spacial score (nSPS) is 20.1. The van der Waals surface area contributed by atoms with E-state index in [2.05, 4.69) is 88.4 Å². The van der Waals surface area contributed by atoms with Gasteiger partial charge in [-0.1, -0.05) is 0 Å². The fourth-order valence-electron chi connectivity index (χ4n) is 4.15. The molecular weight excluding hydrogens is 450 g/mol. The zero-order chi connectivity index (χ0) is 17.6. The molecule has 0 bridgehead atoms. The van der Waals surface area contributed by atoms with E-state index in [9.17, 15) is 0 Å². The largest absolute Gasteiger partial charge is 1.00 e. The summed E-state index contributed by atoms with van der Waals surface area (Å²) in [4.78, 5) is 0. The Morgan fingerprint density at radius 1 is 0.852 bits per heavy atom. The first-order valence-corrected chi connectivity index (χ1v) is 11.7. The Morgan fingerprint density at radius 2 is 1.56 bits per heavy atom. The Labute approximate surface area is 187 Å². The van der Waals surface area contributed by atoms with E-state index in [0.717, 1.165) is 0 Å². The van der Waals surface area contributed by atoms with Gasteiger partial charge >= 0.3 is 163 Å². The Balaban J connectivity index is 0.00000131. The van der Waals surface area contributed by atoms with Crippen molar-refractivity contribution >= 4 is 6.08 Å². The molecule has 0 nitrogen and oxygen atoms in total. The summed E-state index contributed by atoms with van der Waals surface area (Å²) in [6, 6.07) is 17.7. The number of halogens is 2. The maximum absolute atomic E-state index is 2.46. The van der Waals surface area contributed by atoms with Crippen molar-refractivity contribution in [1.82, 2.24) is 0 Å². The van der Waals surface area contributed by atoms with Crippen LogP contribution in [0.3, 0.4) is 0 Å². The van der Waals surface area contributed by atoms with Crippen molar-refractivity contribution in [2.75, 3.05) is 0 Å². The summed E-state index contributed by atoms with van der Waals surface area (Å²) >= 11 is -0.692. The van der Waals surface area contributed by atoms with E-state index >= 15 is 0 Å². The van der Waals surface area contributed by atoms with Gasteiger partial charge in [-0.25, -0.2) is 0 Å². The monoisotopic (exact) mass is 472 g/mol. The number of benzene rings is 2. The van der Waals surface area contributed by atoms with Crippen molar-refractivity contribution in [3.63, 3.8) is 0 Å². The summed E-state index contributed by atoms with van der Waals surface area (Å²) in [5.74, 6) is 0.653. The van der Waals surface area contributed by atoms with Gasteiger partial charge in [-0.05, 0) is 0 Å². The van der Waals surface area contributed by atoms with Gasteiger partial charge in [0.05, 0.1) is 0 Å². The van der Waals surface area contributed by atoms with Crippen LogP contribution in [0.5, 0.6) is 0 Å². The van der Waals surface area contributed by atoms with Gasteiger partial charge in [0.25, 0.3) is 0 Å². The molecule has 138 valence electrons. The quantitative estimate of drug-likeness (QED) is 0.617. The van der Waals surface area contributed by atoms with Gasteiger partial charge in [-0.2, -0.15) is 0 Å². The minimum atomic E-state index is -0.692. The summed E-state index contributed by atoms with van der Waals surface area (Å²) < 4.78 is 2.48. The van der Waals surface area contributed by atoms with Crippen molar-refractivity contribution in [2.45, 2.75) is 31.3 Å². The molecule has 0 saturated heterocycles. The summed E-state index contributed by atoms with van der Waals surface area (Å²) in [5, 5.41) is 0. The summed E-state index contributed by atoms with van der Waals surface area (Å²) in [5.41, 5.74) is 10.4. The van der Waals surface area contributed by atoms with E-state index in [4.69, 9.17) is 0 Å². The second kappa shape index (κ2) is 9.08. The van der Waals surface area contributed by atoms with E-state index in [0.29, 0.717) is 9.54 Å². The van der Waals surface area contributed by atoms with Gasteiger partial charge in [0, 0.05) is 0 Å². The van der Waals surface area contributed by atoms with Crippen LogP contribution in [0.15, 0.2) is 74.6 Å². The molecule has 0 N–H and O–H groups in total. The van der Waals surface area contributed by atoms with Crippen LogP contribution in [0, 0.1) is 5.92 Å². The first-order chi connectivity index (χ1) is 12.1. The molecule has 0 amide bonds. The van der Waals surface area contributed by atoms with E-state index in [1.54, 1.807) is 20.0 Å². The number of fused-ring (bicyclic) bond motifs is 1. The van der Waals surface area contributed by atoms with Crippen LogP contribution in [0.4, 0.5) is 0 Å². The molecule has 2 aliphatic rings. The Bertz CT molecular complexity index is 923. The Kier molecular flexibility index (Phi) is 7.54. The molecule has 0 aromatic heterocycles. The van der Waals surface area contributed by atoms with Gasteiger partial charge in [-0.3, -0.25) is 0 Å². The number of hydrogen-bond acceptors (Lipinski definition) is 0. The third-order valence-electron chi connectivity index (χ3n) is 5.61. The van der Waals surface area contributed by atoms with Gasteiger partial charge in [0.2, 0.25) is 0 Å². The van der Waals surface area contributed by atoms with E-state index in [1.165, 1.54) is 22.3 Å². The molecule has 4 rings (SSSR count). The molecular formula is C24H24Cl2Zr.